The summed E-state index contributed by atoms with van der Waals surface area (Å²) in [5, 5.41) is 9.71. The maximum atomic E-state index is 10.8. The van der Waals surface area contributed by atoms with Crippen LogP contribution in [-0.2, 0) is 4.79 Å². The van der Waals surface area contributed by atoms with Crippen molar-refractivity contribution < 1.29 is 9.53 Å². The molecule has 0 saturated heterocycles. The van der Waals surface area contributed by atoms with Crippen molar-refractivity contribution in [1.29, 1.82) is 0 Å². The fourth-order valence-electron chi connectivity index (χ4n) is 2.01. The van der Waals surface area contributed by atoms with E-state index in [9.17, 15) is 4.79 Å². The second-order valence-electron chi connectivity index (χ2n) is 5.01. The summed E-state index contributed by atoms with van der Waals surface area (Å²) in [6.07, 6.45) is 0. The Morgan fingerprint density at radius 1 is 1.28 bits per heavy atom. The molecule has 2 aromatic rings. The molecule has 2 heterocycles. The smallest absolute Gasteiger partial charge is 0.227 e. The van der Waals surface area contributed by atoms with Crippen molar-refractivity contribution in [1.82, 2.24) is 10.2 Å². The number of benzene rings is 1. The van der Waals surface area contributed by atoms with E-state index in [1.165, 1.54) is 23.1 Å². The zero-order valence-corrected chi connectivity index (χ0v) is 16.6. The number of hydrogen-bond acceptors (Lipinski definition) is 9. The van der Waals surface area contributed by atoms with E-state index in [0.29, 0.717) is 5.25 Å². The summed E-state index contributed by atoms with van der Waals surface area (Å²) in [5.74, 6) is 1.65. The zero-order chi connectivity index (χ0) is 17.6. The van der Waals surface area contributed by atoms with Gasteiger partial charge in [0, 0.05) is 16.6 Å². The van der Waals surface area contributed by atoms with Gasteiger partial charge in [0.25, 0.3) is 0 Å². The summed E-state index contributed by atoms with van der Waals surface area (Å²) in [7, 11) is 1.66. The molecule has 1 aliphatic heterocycles. The first-order valence-corrected chi connectivity index (χ1v) is 11.0. The number of aromatic nitrogens is 2. The summed E-state index contributed by atoms with van der Waals surface area (Å²) < 4.78 is 6.87. The molecule has 0 spiro atoms. The van der Waals surface area contributed by atoms with Crippen LogP contribution in [0.4, 0.5) is 0 Å². The number of thioether (sulfide) groups is 3. The number of methoxy groups -OCH3 is 1. The summed E-state index contributed by atoms with van der Waals surface area (Å²) in [4.78, 5) is 15.4. The third kappa shape index (κ3) is 5.37. The number of amides is 1. The number of nitrogens with zero attached hydrogens (tertiary/aromatic N) is 3. The van der Waals surface area contributed by atoms with Crippen LogP contribution in [0, 0.1) is 0 Å². The molecule has 0 saturated carbocycles. The Kier molecular flexibility index (Phi) is 6.63. The normalized spacial score (nSPS) is 16.7. The standard InChI is InChI=1S/C15H16N4O2S4/c1-21-10-4-2-9(3-5-10)13-17-6-11(24-13)7-22-14-18-19-15(25-14)23-8-12(16)20/h2-5,11H,6-8H2,1H3,(H2,16,20)/t11-/m1/s1. The molecule has 0 fully saturated rings. The van der Waals surface area contributed by atoms with Crippen molar-refractivity contribution in [2.24, 2.45) is 10.7 Å². The second-order valence-corrected chi connectivity index (χ2v) is 9.77. The van der Waals surface area contributed by atoms with E-state index >= 15 is 0 Å². The van der Waals surface area contributed by atoms with Crippen molar-refractivity contribution in [2.75, 3.05) is 25.2 Å². The molecule has 1 aliphatic rings. The summed E-state index contributed by atoms with van der Waals surface area (Å²) in [6, 6.07) is 7.97. The van der Waals surface area contributed by atoms with E-state index in [1.807, 2.05) is 24.3 Å². The third-order valence-electron chi connectivity index (χ3n) is 3.17. The fourth-order valence-corrected chi connectivity index (χ4v) is 6.06. The average Bonchev–Trinajstić information content (AvgIpc) is 3.27. The first kappa shape index (κ1) is 18.6. The van der Waals surface area contributed by atoms with Gasteiger partial charge in [0.15, 0.2) is 8.68 Å². The summed E-state index contributed by atoms with van der Waals surface area (Å²) in [6.45, 7) is 0.807. The van der Waals surface area contributed by atoms with E-state index in [-0.39, 0.29) is 11.7 Å². The molecule has 0 radical (unpaired) electrons. The van der Waals surface area contributed by atoms with Gasteiger partial charge in [-0.1, -0.05) is 34.9 Å². The highest BCUT2D eigenvalue weighted by atomic mass is 32.2. The molecular formula is C15H16N4O2S4. The van der Waals surface area contributed by atoms with Crippen molar-refractivity contribution in [3.05, 3.63) is 29.8 Å². The van der Waals surface area contributed by atoms with Gasteiger partial charge in [0.1, 0.15) is 5.75 Å². The van der Waals surface area contributed by atoms with Crippen LogP contribution in [0.3, 0.4) is 0 Å². The predicted octanol–water partition coefficient (Wildman–Crippen LogP) is 2.78. The molecule has 3 rings (SSSR count). The number of primary amides is 1. The topological polar surface area (TPSA) is 90.5 Å². The van der Waals surface area contributed by atoms with Crippen LogP contribution < -0.4 is 10.5 Å². The van der Waals surface area contributed by atoms with Crippen LogP contribution in [0.25, 0.3) is 0 Å². The average molecular weight is 413 g/mol. The Morgan fingerprint density at radius 3 is 2.68 bits per heavy atom. The highest BCUT2D eigenvalue weighted by Crippen LogP contribution is 2.33. The van der Waals surface area contributed by atoms with E-state index in [2.05, 4.69) is 15.2 Å². The van der Waals surface area contributed by atoms with E-state index in [0.717, 1.165) is 37.3 Å². The molecule has 0 aliphatic carbocycles. The Bertz CT molecular complexity index is 763. The lowest BCUT2D eigenvalue weighted by Gasteiger charge is -2.06. The van der Waals surface area contributed by atoms with Gasteiger partial charge >= 0.3 is 0 Å². The summed E-state index contributed by atoms with van der Waals surface area (Å²) >= 11 is 6.30. The predicted molar refractivity (Wildman–Crippen MR) is 106 cm³/mol. The molecule has 1 aromatic carbocycles. The van der Waals surface area contributed by atoms with Gasteiger partial charge in [-0.2, -0.15) is 0 Å². The van der Waals surface area contributed by atoms with Crippen LogP contribution in [0.5, 0.6) is 5.75 Å². The second kappa shape index (κ2) is 8.93. The molecule has 0 bridgehead atoms. The quantitative estimate of drug-likeness (QED) is 0.667. The minimum absolute atomic E-state index is 0.233. The van der Waals surface area contributed by atoms with Gasteiger partial charge in [-0.3, -0.25) is 9.79 Å². The van der Waals surface area contributed by atoms with Gasteiger partial charge in [-0.25, -0.2) is 0 Å². The molecule has 132 valence electrons. The lowest BCUT2D eigenvalue weighted by atomic mass is 10.2. The maximum absolute atomic E-state index is 10.8. The van der Waals surface area contributed by atoms with E-state index < -0.39 is 0 Å². The van der Waals surface area contributed by atoms with Crippen molar-refractivity contribution in [3.8, 4) is 5.75 Å². The largest absolute Gasteiger partial charge is 0.497 e. The van der Waals surface area contributed by atoms with Crippen LogP contribution >= 0.6 is 46.6 Å². The van der Waals surface area contributed by atoms with Gasteiger partial charge in [0.05, 0.1) is 24.5 Å². The molecule has 1 aromatic heterocycles. The molecule has 6 nitrogen and oxygen atoms in total. The van der Waals surface area contributed by atoms with Crippen LogP contribution in [-0.4, -0.2) is 51.6 Å². The maximum Gasteiger partial charge on any atom is 0.227 e. The molecular weight excluding hydrogens is 396 g/mol. The molecule has 10 heteroatoms. The minimum atomic E-state index is -0.347. The Balaban J connectivity index is 1.47. The lowest BCUT2D eigenvalue weighted by Crippen LogP contribution is -2.12. The monoisotopic (exact) mass is 412 g/mol. The van der Waals surface area contributed by atoms with E-state index in [4.69, 9.17) is 10.5 Å². The Labute approximate surface area is 162 Å². The Hall–Kier alpha value is -1.23. The van der Waals surface area contributed by atoms with Crippen LogP contribution in [0.1, 0.15) is 5.56 Å². The number of aliphatic imine (C=N–C) groups is 1. The summed E-state index contributed by atoms with van der Waals surface area (Å²) in [5.41, 5.74) is 6.26. The van der Waals surface area contributed by atoms with Gasteiger partial charge in [-0.15, -0.1) is 22.0 Å². The van der Waals surface area contributed by atoms with Crippen molar-refractivity contribution >= 4 is 57.6 Å². The van der Waals surface area contributed by atoms with Crippen LogP contribution in [0.2, 0.25) is 0 Å². The number of ether oxygens (including phenoxy) is 1. The fraction of sp³-hybridized carbons (Fsp3) is 0.333. The van der Waals surface area contributed by atoms with Gasteiger partial charge < -0.3 is 10.5 Å². The highest BCUT2D eigenvalue weighted by molar-refractivity contribution is 8.16. The molecule has 1 atom stereocenters. The Morgan fingerprint density at radius 2 is 2.00 bits per heavy atom. The zero-order valence-electron chi connectivity index (χ0n) is 13.4. The molecule has 0 unspecified atom stereocenters. The number of hydrogen-bond donors (Lipinski definition) is 1. The first-order chi connectivity index (χ1) is 12.1. The van der Waals surface area contributed by atoms with Crippen LogP contribution in [0.15, 0.2) is 37.9 Å². The lowest BCUT2D eigenvalue weighted by molar-refractivity contribution is -0.115. The number of rotatable bonds is 8. The first-order valence-electron chi connectivity index (χ1n) is 7.37. The van der Waals surface area contributed by atoms with Crippen molar-refractivity contribution in [2.45, 2.75) is 13.9 Å². The van der Waals surface area contributed by atoms with E-state index in [1.54, 1.807) is 30.6 Å². The minimum Gasteiger partial charge on any atom is -0.497 e. The SMILES string of the molecule is COc1ccc(C2=NC[C@H](CSc3nnc(SCC(N)=O)s3)S2)cc1. The number of nitrogens with two attached hydrogens (primary N) is 1. The molecule has 25 heavy (non-hydrogen) atoms. The number of carbonyl (C=O) groups excluding carboxylic acids is 1. The molecule has 2 N–H and O–H groups in total. The molecule has 1 amide bonds. The number of carbonyl (C=O) groups is 1. The van der Waals surface area contributed by atoms with Gasteiger partial charge in [-0.05, 0) is 24.3 Å². The third-order valence-corrected chi connectivity index (χ3v) is 8.00. The van der Waals surface area contributed by atoms with Gasteiger partial charge in [0.2, 0.25) is 5.91 Å². The highest BCUT2D eigenvalue weighted by Gasteiger charge is 2.21. The van der Waals surface area contributed by atoms with Crippen molar-refractivity contribution in [3.63, 3.8) is 0 Å².